The highest BCUT2D eigenvalue weighted by atomic mass is 35.5. The van der Waals surface area contributed by atoms with Crippen LogP contribution < -0.4 is 9.47 Å². The number of carbonyl (C=O) groups is 1. The molecule has 176 valence electrons. The van der Waals surface area contributed by atoms with Crippen molar-refractivity contribution in [1.82, 2.24) is 9.97 Å². The van der Waals surface area contributed by atoms with Gasteiger partial charge < -0.3 is 9.47 Å². The van der Waals surface area contributed by atoms with Gasteiger partial charge in [0, 0.05) is 0 Å². The van der Waals surface area contributed by atoms with Gasteiger partial charge in [-0.15, -0.1) is 11.6 Å². The summed E-state index contributed by atoms with van der Waals surface area (Å²) in [6, 6.07) is 2.74. The molecule has 0 aliphatic rings. The predicted molar refractivity (Wildman–Crippen MR) is 121 cm³/mol. The van der Waals surface area contributed by atoms with Gasteiger partial charge in [0.1, 0.15) is 5.38 Å². The number of hydrogen-bond acceptors (Lipinski definition) is 5. The zero-order chi connectivity index (χ0) is 23.5. The lowest BCUT2D eigenvalue weighted by molar-refractivity contribution is -0.134. The second-order valence-electron chi connectivity index (χ2n) is 7.81. The Bertz CT molecular complexity index is 865. The van der Waals surface area contributed by atoms with Crippen LogP contribution in [0.5, 0.6) is 11.5 Å². The summed E-state index contributed by atoms with van der Waals surface area (Å²) in [5, 5.41) is -0.796. The molecule has 0 fully saturated rings. The third-order valence-electron chi connectivity index (χ3n) is 5.26. The molecule has 2 aromatic rings. The van der Waals surface area contributed by atoms with Crippen LogP contribution in [0.4, 0.5) is 8.78 Å². The molecular weight excluding hydrogens is 438 g/mol. The summed E-state index contributed by atoms with van der Waals surface area (Å²) in [6.45, 7) is 6.25. The molecule has 0 amide bonds. The maximum Gasteiger partial charge on any atom is 0.329 e. The van der Waals surface area contributed by atoms with E-state index in [1.807, 2.05) is 13.8 Å². The average Bonchev–Trinajstić information content (AvgIpc) is 2.80. The standard InChI is InChI=1S/C24H31ClF2N2O3/c1-4-6-7-8-9-10-13-31-19-12-11-18(21(26)22(19)27)23-28-14-17(15-29-23)32-24(30)20(25)16(3)5-2/h11-12,14-16,20H,4-10,13H2,1-3H3/t16-,20-/m0/s1. The molecule has 0 saturated carbocycles. The number of carbonyl (C=O) groups excluding carboxylic acids is 1. The molecule has 1 heterocycles. The second-order valence-corrected chi connectivity index (χ2v) is 8.28. The molecule has 2 atom stereocenters. The van der Waals surface area contributed by atoms with Crippen LogP contribution in [0.1, 0.15) is 65.7 Å². The highest BCUT2D eigenvalue weighted by Crippen LogP contribution is 2.28. The van der Waals surface area contributed by atoms with E-state index in [4.69, 9.17) is 21.1 Å². The Balaban J connectivity index is 1.97. The molecule has 0 N–H and O–H groups in total. The van der Waals surface area contributed by atoms with Crippen molar-refractivity contribution in [2.24, 2.45) is 5.92 Å². The van der Waals surface area contributed by atoms with Gasteiger partial charge in [-0.25, -0.2) is 14.4 Å². The summed E-state index contributed by atoms with van der Waals surface area (Å²) in [6.07, 6.45) is 9.62. The first kappa shape index (κ1) is 26.0. The third-order valence-corrected chi connectivity index (χ3v) is 5.87. The summed E-state index contributed by atoms with van der Waals surface area (Å²) in [5.74, 6) is -2.92. The lowest BCUT2D eigenvalue weighted by atomic mass is 10.1. The van der Waals surface area contributed by atoms with E-state index in [9.17, 15) is 13.6 Å². The Labute approximate surface area is 193 Å². The number of nitrogens with zero attached hydrogens (tertiary/aromatic N) is 2. The molecule has 0 saturated heterocycles. The third kappa shape index (κ3) is 7.40. The first-order valence-electron chi connectivity index (χ1n) is 11.2. The zero-order valence-corrected chi connectivity index (χ0v) is 19.6. The minimum atomic E-state index is -1.09. The number of halogens is 3. The molecule has 1 aromatic heterocycles. The lowest BCUT2D eigenvalue weighted by Crippen LogP contribution is -2.26. The van der Waals surface area contributed by atoms with Crippen LogP contribution in [-0.2, 0) is 4.79 Å². The van der Waals surface area contributed by atoms with E-state index in [1.54, 1.807) is 0 Å². The highest BCUT2D eigenvalue weighted by molar-refractivity contribution is 6.30. The van der Waals surface area contributed by atoms with E-state index in [2.05, 4.69) is 16.9 Å². The van der Waals surface area contributed by atoms with Gasteiger partial charge in [0.05, 0.1) is 24.6 Å². The van der Waals surface area contributed by atoms with Gasteiger partial charge in [0.25, 0.3) is 0 Å². The summed E-state index contributed by atoms with van der Waals surface area (Å²) < 4.78 is 39.6. The van der Waals surface area contributed by atoms with Crippen molar-refractivity contribution >= 4 is 17.6 Å². The Morgan fingerprint density at radius 3 is 2.34 bits per heavy atom. The summed E-state index contributed by atoms with van der Waals surface area (Å²) in [5.41, 5.74) is -0.109. The van der Waals surface area contributed by atoms with Gasteiger partial charge in [-0.1, -0.05) is 59.3 Å². The number of benzene rings is 1. The highest BCUT2D eigenvalue weighted by Gasteiger charge is 2.24. The molecule has 1 aromatic carbocycles. The van der Waals surface area contributed by atoms with Crippen molar-refractivity contribution in [2.75, 3.05) is 6.61 Å². The molecule has 0 radical (unpaired) electrons. The van der Waals surface area contributed by atoms with Gasteiger partial charge in [-0.3, -0.25) is 4.79 Å². The summed E-state index contributed by atoms with van der Waals surface area (Å²) in [7, 11) is 0. The van der Waals surface area contributed by atoms with Crippen LogP contribution in [0.3, 0.4) is 0 Å². The normalized spacial score (nSPS) is 12.9. The molecule has 0 unspecified atom stereocenters. The molecular formula is C24H31ClF2N2O3. The average molecular weight is 469 g/mol. The Morgan fingerprint density at radius 1 is 1.03 bits per heavy atom. The number of esters is 1. The Morgan fingerprint density at radius 2 is 1.69 bits per heavy atom. The lowest BCUT2D eigenvalue weighted by Gasteiger charge is -2.14. The monoisotopic (exact) mass is 468 g/mol. The number of ether oxygens (including phenoxy) is 2. The van der Waals surface area contributed by atoms with E-state index in [0.29, 0.717) is 6.61 Å². The molecule has 32 heavy (non-hydrogen) atoms. The van der Waals surface area contributed by atoms with Crippen molar-refractivity contribution < 1.29 is 23.0 Å². The zero-order valence-electron chi connectivity index (χ0n) is 18.9. The molecule has 0 bridgehead atoms. The Kier molecular flexibility index (Phi) is 10.8. The molecule has 5 nitrogen and oxygen atoms in total. The topological polar surface area (TPSA) is 61.3 Å². The fraction of sp³-hybridized carbons (Fsp3) is 0.542. The van der Waals surface area contributed by atoms with Gasteiger partial charge >= 0.3 is 5.97 Å². The van der Waals surface area contributed by atoms with Gasteiger partial charge in [-0.2, -0.15) is 4.39 Å². The molecule has 8 heteroatoms. The summed E-state index contributed by atoms with van der Waals surface area (Å²) >= 11 is 6.07. The van der Waals surface area contributed by atoms with E-state index in [0.717, 1.165) is 25.7 Å². The van der Waals surface area contributed by atoms with Crippen molar-refractivity contribution in [3.8, 4) is 22.9 Å². The summed E-state index contributed by atoms with van der Waals surface area (Å²) in [4.78, 5) is 20.0. The SMILES string of the molecule is CCCCCCCCOc1ccc(-c2ncc(OC(=O)[C@@H](Cl)[C@@H](C)CC)cn2)c(F)c1F. The van der Waals surface area contributed by atoms with Crippen LogP contribution in [-0.4, -0.2) is 27.9 Å². The number of unbranched alkanes of at least 4 members (excludes halogenated alkanes) is 5. The minimum Gasteiger partial charge on any atom is -0.490 e. The van der Waals surface area contributed by atoms with Crippen LogP contribution in [0.15, 0.2) is 24.5 Å². The Hall–Kier alpha value is -2.28. The van der Waals surface area contributed by atoms with E-state index < -0.39 is 23.0 Å². The van der Waals surface area contributed by atoms with E-state index in [-0.39, 0.29) is 28.8 Å². The molecule has 0 aliphatic heterocycles. The van der Waals surface area contributed by atoms with Crippen molar-refractivity contribution in [2.45, 2.75) is 71.1 Å². The smallest absolute Gasteiger partial charge is 0.329 e. The number of alkyl halides is 1. The maximum atomic E-state index is 14.6. The van der Waals surface area contributed by atoms with E-state index in [1.165, 1.54) is 43.8 Å². The van der Waals surface area contributed by atoms with Crippen molar-refractivity contribution in [1.29, 1.82) is 0 Å². The van der Waals surface area contributed by atoms with Crippen LogP contribution in [0, 0.1) is 17.6 Å². The fourth-order valence-corrected chi connectivity index (χ4v) is 3.22. The van der Waals surface area contributed by atoms with Crippen molar-refractivity contribution in [3.63, 3.8) is 0 Å². The number of aromatic nitrogens is 2. The quantitative estimate of drug-likeness (QED) is 0.185. The van der Waals surface area contributed by atoms with Gasteiger partial charge in [-0.05, 0) is 24.5 Å². The van der Waals surface area contributed by atoms with Crippen LogP contribution in [0.2, 0.25) is 0 Å². The molecule has 2 rings (SSSR count). The first-order valence-corrected chi connectivity index (χ1v) is 11.6. The van der Waals surface area contributed by atoms with Crippen LogP contribution >= 0.6 is 11.6 Å². The first-order chi connectivity index (χ1) is 15.4. The second kappa shape index (κ2) is 13.3. The van der Waals surface area contributed by atoms with E-state index >= 15 is 0 Å². The van der Waals surface area contributed by atoms with Crippen molar-refractivity contribution in [3.05, 3.63) is 36.2 Å². The van der Waals surface area contributed by atoms with Gasteiger partial charge in [0.2, 0.25) is 5.82 Å². The predicted octanol–water partition coefficient (Wildman–Crippen LogP) is 6.72. The number of hydrogen-bond donors (Lipinski definition) is 0. The number of rotatable bonds is 13. The van der Waals surface area contributed by atoms with Gasteiger partial charge in [0.15, 0.2) is 23.1 Å². The largest absolute Gasteiger partial charge is 0.490 e. The maximum absolute atomic E-state index is 14.6. The molecule has 0 aliphatic carbocycles. The minimum absolute atomic E-state index is 0.0342. The fourth-order valence-electron chi connectivity index (χ4n) is 3.00. The molecule has 0 spiro atoms. The van der Waals surface area contributed by atoms with Crippen LogP contribution in [0.25, 0.3) is 11.4 Å².